The van der Waals surface area contributed by atoms with Crippen LogP contribution in [0.15, 0.2) is 43.0 Å². The predicted molar refractivity (Wildman–Crippen MR) is 97.8 cm³/mol. The van der Waals surface area contributed by atoms with E-state index in [1.807, 2.05) is 0 Å². The first-order valence-electron chi connectivity index (χ1n) is 9.37. The van der Waals surface area contributed by atoms with E-state index >= 15 is 0 Å². The Kier molecular flexibility index (Phi) is 5.76. The van der Waals surface area contributed by atoms with Gasteiger partial charge in [0.25, 0.3) is 0 Å². The monoisotopic (exact) mass is 328 g/mol. The number of benzene rings is 1. The van der Waals surface area contributed by atoms with Gasteiger partial charge in [0.15, 0.2) is 11.6 Å². The van der Waals surface area contributed by atoms with Gasteiger partial charge in [-0.25, -0.2) is 4.39 Å². The second kappa shape index (κ2) is 8.00. The lowest BCUT2D eigenvalue weighted by atomic mass is 9.64. The van der Waals surface area contributed by atoms with Gasteiger partial charge in [0.1, 0.15) is 6.61 Å². The van der Waals surface area contributed by atoms with Gasteiger partial charge in [-0.05, 0) is 86.8 Å². The van der Waals surface area contributed by atoms with E-state index < -0.39 is 0 Å². The first-order chi connectivity index (χ1) is 11.7. The minimum absolute atomic E-state index is 0.242. The zero-order valence-electron chi connectivity index (χ0n) is 14.7. The van der Waals surface area contributed by atoms with E-state index in [9.17, 15) is 4.39 Å². The normalized spacial score (nSPS) is 30.1. The van der Waals surface area contributed by atoms with Gasteiger partial charge in [-0.15, -0.1) is 0 Å². The van der Waals surface area contributed by atoms with Gasteiger partial charge < -0.3 is 4.74 Å². The maximum atomic E-state index is 14.2. The van der Waals surface area contributed by atoms with Gasteiger partial charge in [-0.1, -0.05) is 30.9 Å². The summed E-state index contributed by atoms with van der Waals surface area (Å²) in [5.74, 6) is 3.08. The first-order valence-corrected chi connectivity index (χ1v) is 9.37. The van der Waals surface area contributed by atoms with Crippen LogP contribution in [0.2, 0.25) is 0 Å². The van der Waals surface area contributed by atoms with E-state index in [1.165, 1.54) is 38.5 Å². The van der Waals surface area contributed by atoms with Gasteiger partial charge in [-0.2, -0.15) is 0 Å². The van der Waals surface area contributed by atoms with Crippen LogP contribution in [0.25, 0.3) is 0 Å². The van der Waals surface area contributed by atoms with Crippen molar-refractivity contribution in [3.05, 3.63) is 54.4 Å². The second-order valence-corrected chi connectivity index (χ2v) is 7.42. The van der Waals surface area contributed by atoms with Crippen molar-refractivity contribution in [2.45, 2.75) is 51.4 Å². The van der Waals surface area contributed by atoms with Crippen LogP contribution in [0.4, 0.5) is 4.39 Å². The van der Waals surface area contributed by atoms with Crippen molar-refractivity contribution >= 4 is 0 Å². The van der Waals surface area contributed by atoms with Crippen molar-refractivity contribution in [3.63, 3.8) is 0 Å². The molecule has 0 N–H and O–H groups in total. The second-order valence-electron chi connectivity index (χ2n) is 7.42. The topological polar surface area (TPSA) is 9.23 Å². The Morgan fingerprint density at radius 2 is 1.96 bits per heavy atom. The third kappa shape index (κ3) is 3.91. The lowest BCUT2D eigenvalue weighted by Gasteiger charge is -2.41. The highest BCUT2D eigenvalue weighted by Crippen LogP contribution is 2.48. The molecule has 1 nitrogen and oxygen atoms in total. The Bertz CT molecular complexity index is 592. The molecule has 1 aromatic carbocycles. The molecular weight excluding hydrogens is 299 g/mol. The molecule has 0 radical (unpaired) electrons. The lowest BCUT2D eigenvalue weighted by molar-refractivity contribution is 0.133. The first kappa shape index (κ1) is 17.3. The molecule has 0 heterocycles. The molecule has 2 saturated carbocycles. The summed E-state index contributed by atoms with van der Waals surface area (Å²) in [7, 11) is 0. The van der Waals surface area contributed by atoms with E-state index in [1.54, 1.807) is 18.2 Å². The Balaban J connectivity index is 1.63. The van der Waals surface area contributed by atoms with E-state index in [-0.39, 0.29) is 5.82 Å². The fraction of sp³-hybridized carbons (Fsp3) is 0.545. The molecule has 4 unspecified atom stereocenters. The molecule has 2 aliphatic carbocycles. The number of hydrogen-bond acceptors (Lipinski definition) is 1. The summed E-state index contributed by atoms with van der Waals surface area (Å²) in [5, 5.41) is 0. The summed E-state index contributed by atoms with van der Waals surface area (Å²) in [4.78, 5) is 0. The average molecular weight is 328 g/mol. The van der Waals surface area contributed by atoms with E-state index in [0.717, 1.165) is 23.3 Å². The molecule has 0 saturated heterocycles. The van der Waals surface area contributed by atoms with E-state index in [2.05, 4.69) is 31.7 Å². The minimum Gasteiger partial charge on any atom is -0.486 e. The molecule has 0 aromatic heterocycles. The number of ether oxygens (including phenoxy) is 1. The maximum absolute atomic E-state index is 14.2. The maximum Gasteiger partial charge on any atom is 0.165 e. The van der Waals surface area contributed by atoms with Crippen LogP contribution in [-0.4, -0.2) is 6.61 Å². The molecule has 0 spiro atoms. The van der Waals surface area contributed by atoms with Crippen molar-refractivity contribution in [2.75, 3.05) is 6.61 Å². The summed E-state index contributed by atoms with van der Waals surface area (Å²) in [6.45, 7) is 6.07. The Morgan fingerprint density at radius 1 is 1.17 bits per heavy atom. The van der Waals surface area contributed by atoms with Crippen LogP contribution in [0.3, 0.4) is 0 Å². The van der Waals surface area contributed by atoms with Crippen molar-refractivity contribution in [1.82, 2.24) is 0 Å². The molecule has 0 amide bonds. The molecule has 3 rings (SSSR count). The van der Waals surface area contributed by atoms with Crippen LogP contribution >= 0.6 is 0 Å². The molecule has 4 atom stereocenters. The minimum atomic E-state index is -0.242. The largest absolute Gasteiger partial charge is 0.486 e. The molecule has 24 heavy (non-hydrogen) atoms. The van der Waals surface area contributed by atoms with Gasteiger partial charge in [0.05, 0.1) is 0 Å². The van der Waals surface area contributed by atoms with Gasteiger partial charge >= 0.3 is 0 Å². The smallest absolute Gasteiger partial charge is 0.165 e. The zero-order valence-corrected chi connectivity index (χ0v) is 14.7. The SMILES string of the molecule is C=CCOc1ccc(C2CCC3CC(C=CC)CCC3C2)cc1F. The standard InChI is InChI=1S/C22H29FO/c1-3-5-16-6-7-18-14-19(9-8-17(18)13-16)20-10-11-22(21(23)15-20)24-12-4-2/h3-5,10-11,15-19H,2,6-9,12-14H2,1H3. The highest BCUT2D eigenvalue weighted by Gasteiger charge is 2.35. The van der Waals surface area contributed by atoms with Gasteiger partial charge in [-0.3, -0.25) is 0 Å². The third-order valence-corrected chi connectivity index (χ3v) is 5.90. The highest BCUT2D eigenvalue weighted by atomic mass is 19.1. The van der Waals surface area contributed by atoms with Crippen molar-refractivity contribution < 1.29 is 9.13 Å². The number of fused-ring (bicyclic) bond motifs is 1. The number of halogens is 1. The van der Waals surface area contributed by atoms with Crippen LogP contribution in [0.5, 0.6) is 5.75 Å². The van der Waals surface area contributed by atoms with Crippen LogP contribution in [-0.2, 0) is 0 Å². The Morgan fingerprint density at radius 3 is 2.71 bits per heavy atom. The average Bonchev–Trinajstić information content (AvgIpc) is 2.60. The molecule has 1 aromatic rings. The molecule has 130 valence electrons. The van der Waals surface area contributed by atoms with Crippen molar-refractivity contribution in [3.8, 4) is 5.75 Å². The fourth-order valence-electron chi connectivity index (χ4n) is 4.71. The number of rotatable bonds is 5. The van der Waals surface area contributed by atoms with Crippen molar-refractivity contribution in [1.29, 1.82) is 0 Å². The number of hydrogen-bond donors (Lipinski definition) is 0. The molecule has 2 aliphatic rings. The molecule has 0 aliphatic heterocycles. The predicted octanol–water partition coefficient (Wildman–Crippen LogP) is 6.27. The number of allylic oxidation sites excluding steroid dienone is 2. The molecular formula is C22H29FO. The van der Waals surface area contributed by atoms with Crippen molar-refractivity contribution in [2.24, 2.45) is 17.8 Å². The quantitative estimate of drug-likeness (QED) is 0.579. The summed E-state index contributed by atoms with van der Waals surface area (Å²) < 4.78 is 19.6. The Hall–Kier alpha value is -1.57. The lowest BCUT2D eigenvalue weighted by Crippen LogP contribution is -2.30. The summed E-state index contributed by atoms with van der Waals surface area (Å²) in [6.07, 6.45) is 13.9. The van der Waals surface area contributed by atoms with Crippen LogP contribution < -0.4 is 4.74 Å². The van der Waals surface area contributed by atoms with Gasteiger partial charge in [0, 0.05) is 0 Å². The van der Waals surface area contributed by atoms with Gasteiger partial charge in [0.2, 0.25) is 0 Å². The molecule has 2 heteroatoms. The third-order valence-electron chi connectivity index (χ3n) is 5.90. The summed E-state index contributed by atoms with van der Waals surface area (Å²) in [5.41, 5.74) is 1.15. The highest BCUT2D eigenvalue weighted by molar-refractivity contribution is 5.32. The van der Waals surface area contributed by atoms with E-state index in [0.29, 0.717) is 18.3 Å². The zero-order chi connectivity index (χ0) is 16.9. The van der Waals surface area contributed by atoms with Crippen LogP contribution in [0.1, 0.15) is 56.9 Å². The molecule has 0 bridgehead atoms. The summed E-state index contributed by atoms with van der Waals surface area (Å²) in [6, 6.07) is 5.52. The van der Waals surface area contributed by atoms with E-state index in [4.69, 9.17) is 4.74 Å². The fourth-order valence-corrected chi connectivity index (χ4v) is 4.71. The van der Waals surface area contributed by atoms with Crippen LogP contribution in [0, 0.1) is 23.6 Å². The molecule has 2 fully saturated rings. The Labute approximate surface area is 145 Å². The summed E-state index contributed by atoms with van der Waals surface area (Å²) >= 11 is 0.